The molecule has 0 radical (unpaired) electrons. The monoisotopic (exact) mass is 1200 g/mol. The second kappa shape index (κ2) is 21.8. The average molecular weight is 1200 g/mol. The van der Waals surface area contributed by atoms with Gasteiger partial charge in [0.15, 0.2) is 5.78 Å². The lowest BCUT2D eigenvalue weighted by molar-refractivity contribution is -0.264. The van der Waals surface area contributed by atoms with Crippen LogP contribution in [0, 0.1) is 105 Å². The number of fused-ring (bicyclic) bond motifs is 6. The van der Waals surface area contributed by atoms with Crippen LogP contribution in [0.5, 0.6) is 5.75 Å². The number of β-amino-alcohol motifs (C(OH)–C–C–N with tert-alkyl or cyclic N) is 1. The maximum atomic E-state index is 16.8. The van der Waals surface area contributed by atoms with E-state index in [-0.39, 0.29) is 107 Å². The second-order valence-electron chi connectivity index (χ2n) is 33.1. The Morgan fingerprint density at radius 1 is 0.852 bits per heavy atom. The first kappa shape index (κ1) is 60.3. The Kier molecular flexibility index (Phi) is 15.0. The van der Waals surface area contributed by atoms with E-state index in [1.54, 1.807) is 0 Å². The number of hydrogen-bond donors (Lipinski definition) is 8. The quantitative estimate of drug-likeness (QED) is 0.0605. The van der Waals surface area contributed by atoms with Crippen LogP contribution in [0.25, 0.3) is 0 Å². The number of Topliss-reactive ketones (excluding diaryl/α,β-unsaturated/α-hetero) is 2. The molecule has 6 saturated carbocycles. The number of benzene rings is 2. The number of phenols is 1. The van der Waals surface area contributed by atoms with Gasteiger partial charge < -0.3 is 46.6 Å². The number of aromatic hydroxyl groups is 1. The zero-order valence-corrected chi connectivity index (χ0v) is 53.8. The fourth-order valence-corrected chi connectivity index (χ4v) is 25.7. The van der Waals surface area contributed by atoms with Crippen molar-refractivity contribution >= 4 is 17.3 Å². The minimum absolute atomic E-state index is 0.00947. The topological polar surface area (TPSA) is 198 Å². The molecule has 476 valence electrons. The Hall–Kier alpha value is -3.94. The van der Waals surface area contributed by atoms with Gasteiger partial charge in [-0.2, -0.15) is 0 Å². The molecule has 14 aliphatic rings. The zero-order valence-electron chi connectivity index (χ0n) is 53.8. The molecule has 8 fully saturated rings. The molecule has 11 heteroatoms. The molecule has 0 aromatic heterocycles. The van der Waals surface area contributed by atoms with Gasteiger partial charge in [-0.25, -0.2) is 0 Å². The van der Waals surface area contributed by atoms with Gasteiger partial charge in [-0.3, -0.25) is 9.59 Å². The predicted molar refractivity (Wildman–Crippen MR) is 343 cm³/mol. The number of rotatable bonds is 11. The van der Waals surface area contributed by atoms with Crippen LogP contribution < -0.4 is 16.4 Å². The highest BCUT2D eigenvalue weighted by atomic mass is 16.6. The number of anilines is 1. The number of carbonyl (C=O) groups excluding carboxylic acids is 2. The maximum Gasteiger partial charge on any atom is 0.160 e. The van der Waals surface area contributed by atoms with Gasteiger partial charge in [0.25, 0.3) is 0 Å². The highest BCUT2D eigenvalue weighted by molar-refractivity contribution is 6.01. The number of hydrogen-bond acceptors (Lipinski definition) is 11. The van der Waals surface area contributed by atoms with Crippen LogP contribution in [0.1, 0.15) is 191 Å². The van der Waals surface area contributed by atoms with Crippen LogP contribution in [0.2, 0.25) is 0 Å². The molecule has 2 aromatic rings. The minimum atomic E-state index is -0.975. The van der Waals surface area contributed by atoms with Crippen molar-refractivity contribution in [1.29, 1.82) is 0 Å². The summed E-state index contributed by atoms with van der Waals surface area (Å²) in [7, 11) is 1.93. The van der Waals surface area contributed by atoms with Gasteiger partial charge in [-0.1, -0.05) is 107 Å². The largest absolute Gasteiger partial charge is 0.508 e. The van der Waals surface area contributed by atoms with Crippen molar-refractivity contribution < 1.29 is 39.9 Å². The Balaban J connectivity index is 0.921. The van der Waals surface area contributed by atoms with Crippen molar-refractivity contribution in [3.63, 3.8) is 0 Å². The molecule has 8 bridgehead atoms. The van der Waals surface area contributed by atoms with E-state index in [9.17, 15) is 25.5 Å². The average Bonchev–Trinajstić information content (AvgIpc) is 1.11. The van der Waals surface area contributed by atoms with Gasteiger partial charge in [0.05, 0.1) is 29.3 Å². The number of epoxide rings is 1. The molecule has 2 aromatic carbocycles. The summed E-state index contributed by atoms with van der Waals surface area (Å²) in [6.07, 6.45) is 29.4. The fourth-order valence-electron chi connectivity index (χ4n) is 25.7. The molecule has 24 atom stereocenters. The van der Waals surface area contributed by atoms with Crippen LogP contribution >= 0.6 is 0 Å². The summed E-state index contributed by atoms with van der Waals surface area (Å²) in [5.41, 5.74) is 10.1. The van der Waals surface area contributed by atoms with Crippen LogP contribution in [0.4, 0.5) is 5.69 Å². The lowest BCUT2D eigenvalue weighted by Crippen LogP contribution is -2.77. The number of nitrogens with two attached hydrogens (primary N) is 1. The molecule has 2 spiro atoms. The first-order valence-electron chi connectivity index (χ1n) is 35.5. The molecule has 2 heterocycles. The first-order valence-corrected chi connectivity index (χ1v) is 35.5. The molecule has 2 saturated heterocycles. The molecule has 88 heavy (non-hydrogen) atoms. The van der Waals surface area contributed by atoms with Crippen molar-refractivity contribution in [2.24, 2.45) is 105 Å². The Labute approximate surface area is 524 Å². The number of ketones is 2. The van der Waals surface area contributed by atoms with E-state index in [0.717, 1.165) is 125 Å². The lowest BCUT2D eigenvalue weighted by atomic mass is 9.27. The first-order chi connectivity index (χ1) is 42.2. The number of aliphatic hydroxyl groups excluding tert-OH is 3. The molecule has 0 amide bonds. The van der Waals surface area contributed by atoms with Crippen LogP contribution in [0.15, 0.2) is 84.0 Å². The van der Waals surface area contributed by atoms with E-state index in [4.69, 9.17) is 10.5 Å². The van der Waals surface area contributed by atoms with Gasteiger partial charge in [-0.05, 0) is 257 Å². The van der Waals surface area contributed by atoms with Crippen molar-refractivity contribution in [1.82, 2.24) is 10.6 Å². The number of phenolic OH excluding ortho intramolecular Hbond substituents is 1. The zero-order chi connectivity index (χ0) is 61.2. The molecule has 24 unspecified atom stereocenters. The molecule has 2 aliphatic heterocycles. The Morgan fingerprint density at radius 3 is 2.43 bits per heavy atom. The Bertz CT molecular complexity index is 3210. The number of allylic oxidation sites excluding steroid dienone is 6. The lowest BCUT2D eigenvalue weighted by Gasteiger charge is -2.77. The van der Waals surface area contributed by atoms with E-state index >= 15 is 9.59 Å². The van der Waals surface area contributed by atoms with Crippen molar-refractivity contribution in [3.05, 3.63) is 106 Å². The van der Waals surface area contributed by atoms with Gasteiger partial charge in [0, 0.05) is 54.6 Å². The second-order valence-corrected chi connectivity index (χ2v) is 33.1. The highest BCUT2D eigenvalue weighted by Gasteiger charge is 2.81. The van der Waals surface area contributed by atoms with Gasteiger partial charge in [0.2, 0.25) is 0 Å². The summed E-state index contributed by atoms with van der Waals surface area (Å²) in [4.78, 5) is 33.6. The van der Waals surface area contributed by atoms with Gasteiger partial charge in [-0.15, -0.1) is 0 Å². The molecule has 9 N–H and O–H groups in total. The third kappa shape index (κ3) is 8.76. The van der Waals surface area contributed by atoms with Gasteiger partial charge >= 0.3 is 0 Å². The smallest absolute Gasteiger partial charge is 0.160 e. The minimum Gasteiger partial charge on any atom is -0.508 e. The third-order valence-corrected chi connectivity index (χ3v) is 28.5. The highest BCUT2D eigenvalue weighted by Crippen LogP contribution is 2.83. The summed E-state index contributed by atoms with van der Waals surface area (Å²) >= 11 is 0. The molecule has 16 rings (SSSR count). The number of nitrogens with one attached hydrogen (secondary N) is 2. The standard InChI is InChI=1S/C77H105N3O8/c1-42(2)29-43-30-47(34-50(78)32-43)52-15-11-16-56(52)74(5)71(88-74)68(85)55-22-21-54-46(40-81)18-20-53-45-19-24-61(83)59(36-45)76-37-60-69-75(27-10-9-26-72(3,87)41-80-60)28-12-17-58(64(70(75)86)48-31-44(39-79-6)33-51(82)35-48)77(69,49-13-7-8-14-49)63(76)25-23-57-67(66(55)65(53)54)62(84)38-73(57,76)4/h12,17,19,21-22,24,30-35,42,45-46,49,52-56,58-61,63-66,68-69,71,79-83,85,87H,7-11,13-16,18,20,23,25-29,36-41,78H2,1-6H3. The van der Waals surface area contributed by atoms with E-state index in [0.29, 0.717) is 50.5 Å². The van der Waals surface area contributed by atoms with Crippen molar-refractivity contribution in [3.8, 4) is 5.75 Å². The van der Waals surface area contributed by atoms with Gasteiger partial charge in [0.1, 0.15) is 17.6 Å². The Morgan fingerprint density at radius 2 is 1.65 bits per heavy atom. The molecule has 12 aliphatic carbocycles. The van der Waals surface area contributed by atoms with Crippen molar-refractivity contribution in [2.45, 2.75) is 217 Å². The number of carbonyl (C=O) groups is 2. The number of ether oxygens (including phenoxy) is 1. The normalized spacial score (nSPS) is 47.0. The molecule has 11 nitrogen and oxygen atoms in total. The van der Waals surface area contributed by atoms with Crippen LogP contribution in [-0.4, -0.2) is 92.9 Å². The van der Waals surface area contributed by atoms with Crippen LogP contribution in [0.3, 0.4) is 0 Å². The van der Waals surface area contributed by atoms with E-state index in [1.807, 2.05) is 26.1 Å². The third-order valence-electron chi connectivity index (χ3n) is 28.5. The van der Waals surface area contributed by atoms with E-state index in [2.05, 4.69) is 99.1 Å². The van der Waals surface area contributed by atoms with Crippen molar-refractivity contribution in [2.75, 3.05) is 25.9 Å². The summed E-state index contributed by atoms with van der Waals surface area (Å²) in [6, 6.07) is 12.5. The summed E-state index contributed by atoms with van der Waals surface area (Å²) < 4.78 is 7.09. The maximum absolute atomic E-state index is 16.8. The summed E-state index contributed by atoms with van der Waals surface area (Å²) in [6.45, 7) is 12.3. The number of nitrogen functional groups attached to an aromatic ring is 1. The van der Waals surface area contributed by atoms with E-state index in [1.165, 1.54) is 16.7 Å². The van der Waals surface area contributed by atoms with E-state index < -0.39 is 57.1 Å². The number of aliphatic hydroxyl groups is 4. The van der Waals surface area contributed by atoms with Crippen LogP contribution in [-0.2, 0) is 27.3 Å². The fraction of sp³-hybridized carbons (Fsp3) is 0.714. The predicted octanol–water partition coefficient (Wildman–Crippen LogP) is 12.0. The summed E-state index contributed by atoms with van der Waals surface area (Å²) in [5, 5.41) is 70.4. The summed E-state index contributed by atoms with van der Waals surface area (Å²) in [5.74, 6) is 0.606. The molecular formula is C77H105N3O8. The molecular weight excluding hydrogens is 1090 g/mol. The SMILES string of the molecule is CNCc1cc(O)cc(C2C(=O)C34CC=CC2C2(C5CCCC5)C3C(CC35C6CC(C=CC6O)C6CCC(CO)C7C=CC(C(O)C8OC8(C)C8CCCC8c8cc(N)cc(CC(C)C)c8)C(C8=C(CCC23)C5(C)CC8=O)C76)NCC(C)(O)CCCC4)c1.